The van der Waals surface area contributed by atoms with Gasteiger partial charge in [0.2, 0.25) is 11.8 Å². The first-order valence-electron chi connectivity index (χ1n) is 10.5. The van der Waals surface area contributed by atoms with Crippen LogP contribution in [0.5, 0.6) is 0 Å². The number of likely N-dealkylation sites (tertiary alicyclic amines) is 1. The summed E-state index contributed by atoms with van der Waals surface area (Å²) in [6.45, 7) is 5.67. The molecule has 1 aliphatic carbocycles. The fraction of sp³-hybridized carbons (Fsp3) is 0.591. The van der Waals surface area contributed by atoms with Gasteiger partial charge >= 0.3 is 0 Å². The van der Waals surface area contributed by atoms with Gasteiger partial charge in [0.1, 0.15) is 0 Å². The molecule has 1 aromatic carbocycles. The van der Waals surface area contributed by atoms with E-state index in [0.29, 0.717) is 43.7 Å². The van der Waals surface area contributed by atoms with Crippen LogP contribution in [0.25, 0.3) is 0 Å². The van der Waals surface area contributed by atoms with Crippen molar-refractivity contribution in [3.63, 3.8) is 0 Å². The van der Waals surface area contributed by atoms with Crippen molar-refractivity contribution in [1.82, 2.24) is 10.2 Å². The lowest BCUT2D eigenvalue weighted by Gasteiger charge is -2.33. The van der Waals surface area contributed by atoms with Crippen LogP contribution in [0.3, 0.4) is 0 Å². The number of rotatable bonds is 5. The Labute approximate surface area is 167 Å². The van der Waals surface area contributed by atoms with Gasteiger partial charge in [-0.05, 0) is 57.2 Å². The molecule has 1 heterocycles. The molecular formula is C22H31N3O3. The lowest BCUT2D eigenvalue weighted by Crippen LogP contribution is -2.43. The zero-order valence-electron chi connectivity index (χ0n) is 16.9. The van der Waals surface area contributed by atoms with Gasteiger partial charge in [-0.25, -0.2) is 0 Å². The number of nitrogens with one attached hydrogen (secondary N) is 2. The predicted molar refractivity (Wildman–Crippen MR) is 109 cm³/mol. The van der Waals surface area contributed by atoms with Gasteiger partial charge in [0.05, 0.1) is 0 Å². The molecule has 3 rings (SSSR count). The maximum Gasteiger partial charge on any atom is 0.251 e. The summed E-state index contributed by atoms with van der Waals surface area (Å²) in [6.07, 6.45) is 5.73. The smallest absolute Gasteiger partial charge is 0.251 e. The third kappa shape index (κ3) is 4.72. The molecule has 1 saturated carbocycles. The predicted octanol–water partition coefficient (Wildman–Crippen LogP) is 3.11. The molecule has 1 saturated heterocycles. The molecule has 0 atom stereocenters. The van der Waals surface area contributed by atoms with Gasteiger partial charge in [0, 0.05) is 42.7 Å². The van der Waals surface area contributed by atoms with E-state index in [1.807, 2.05) is 24.8 Å². The highest BCUT2D eigenvalue weighted by atomic mass is 16.2. The fourth-order valence-electron chi connectivity index (χ4n) is 4.19. The summed E-state index contributed by atoms with van der Waals surface area (Å²) in [6, 6.07) is 5.35. The minimum Gasteiger partial charge on any atom is -0.352 e. The summed E-state index contributed by atoms with van der Waals surface area (Å²) in [4.78, 5) is 39.3. The topological polar surface area (TPSA) is 78.5 Å². The number of aryl methyl sites for hydroxylation is 1. The van der Waals surface area contributed by atoms with Crippen LogP contribution < -0.4 is 10.6 Å². The monoisotopic (exact) mass is 385 g/mol. The highest BCUT2D eigenvalue weighted by Gasteiger charge is 2.32. The highest BCUT2D eigenvalue weighted by Crippen LogP contribution is 2.29. The molecule has 3 amide bonds. The first kappa shape index (κ1) is 20.4. The van der Waals surface area contributed by atoms with E-state index in [-0.39, 0.29) is 29.6 Å². The van der Waals surface area contributed by atoms with E-state index >= 15 is 0 Å². The molecule has 0 radical (unpaired) electrons. The summed E-state index contributed by atoms with van der Waals surface area (Å²) in [5.74, 6) is 0.216. The minimum absolute atomic E-state index is 0.0240. The fourth-order valence-corrected chi connectivity index (χ4v) is 4.19. The zero-order valence-corrected chi connectivity index (χ0v) is 16.9. The van der Waals surface area contributed by atoms with Crippen molar-refractivity contribution in [2.75, 3.05) is 25.0 Å². The van der Waals surface area contributed by atoms with Crippen LogP contribution >= 0.6 is 0 Å². The third-order valence-corrected chi connectivity index (χ3v) is 5.98. The van der Waals surface area contributed by atoms with Crippen LogP contribution in [0, 0.1) is 18.8 Å². The van der Waals surface area contributed by atoms with Gasteiger partial charge in [-0.15, -0.1) is 0 Å². The minimum atomic E-state index is -0.142. The molecule has 0 unspecified atom stereocenters. The summed E-state index contributed by atoms with van der Waals surface area (Å²) < 4.78 is 0. The number of hydrogen-bond donors (Lipinski definition) is 2. The lowest BCUT2D eigenvalue weighted by molar-refractivity contribution is -0.138. The molecule has 152 valence electrons. The first-order valence-corrected chi connectivity index (χ1v) is 10.5. The molecule has 0 bridgehead atoms. The van der Waals surface area contributed by atoms with E-state index in [9.17, 15) is 14.4 Å². The van der Waals surface area contributed by atoms with Crippen molar-refractivity contribution in [3.8, 4) is 0 Å². The van der Waals surface area contributed by atoms with Gasteiger partial charge in [-0.2, -0.15) is 0 Å². The van der Waals surface area contributed by atoms with Gasteiger partial charge in [-0.1, -0.05) is 18.9 Å². The Bertz CT molecular complexity index is 733. The molecule has 0 spiro atoms. The number of hydrogen-bond acceptors (Lipinski definition) is 3. The molecule has 2 aliphatic rings. The van der Waals surface area contributed by atoms with Crippen molar-refractivity contribution in [1.29, 1.82) is 0 Å². The zero-order chi connectivity index (χ0) is 20.1. The number of carbonyl (C=O) groups excluding carboxylic acids is 3. The van der Waals surface area contributed by atoms with Crippen molar-refractivity contribution in [3.05, 3.63) is 29.3 Å². The average Bonchev–Trinajstić information content (AvgIpc) is 3.24. The molecule has 0 aromatic heterocycles. The van der Waals surface area contributed by atoms with Crippen LogP contribution in [0.4, 0.5) is 5.69 Å². The maximum absolute atomic E-state index is 12.7. The summed E-state index contributed by atoms with van der Waals surface area (Å²) in [5.41, 5.74) is 2.15. The molecule has 1 aromatic rings. The number of piperidine rings is 1. The second kappa shape index (κ2) is 9.22. The van der Waals surface area contributed by atoms with E-state index in [4.69, 9.17) is 0 Å². The average molecular weight is 386 g/mol. The van der Waals surface area contributed by atoms with E-state index in [1.165, 1.54) is 0 Å². The largest absolute Gasteiger partial charge is 0.352 e. The number of anilines is 1. The van der Waals surface area contributed by atoms with E-state index in [0.717, 1.165) is 31.2 Å². The highest BCUT2D eigenvalue weighted by molar-refractivity contribution is 5.98. The molecule has 28 heavy (non-hydrogen) atoms. The van der Waals surface area contributed by atoms with Crippen molar-refractivity contribution < 1.29 is 14.4 Å². The second-order valence-electron chi connectivity index (χ2n) is 7.96. The SMILES string of the molecule is CCNC(=O)c1ccc(C)c(NC(=O)C2CCN(C(=O)C3CCCC3)CC2)c1. The Balaban J connectivity index is 1.56. The Morgan fingerprint density at radius 2 is 1.71 bits per heavy atom. The Hall–Kier alpha value is -2.37. The molecule has 1 aliphatic heterocycles. The first-order chi connectivity index (χ1) is 13.5. The second-order valence-corrected chi connectivity index (χ2v) is 7.96. The quantitative estimate of drug-likeness (QED) is 0.817. The Morgan fingerprint density at radius 3 is 2.36 bits per heavy atom. The van der Waals surface area contributed by atoms with Crippen LogP contribution in [0.1, 0.15) is 61.4 Å². The summed E-state index contributed by atoms with van der Waals surface area (Å²) >= 11 is 0. The number of benzene rings is 1. The van der Waals surface area contributed by atoms with Gasteiger partial charge < -0.3 is 15.5 Å². The molecular weight excluding hydrogens is 354 g/mol. The van der Waals surface area contributed by atoms with Crippen LogP contribution in [-0.2, 0) is 9.59 Å². The normalized spacial score (nSPS) is 18.1. The summed E-state index contributed by atoms with van der Waals surface area (Å²) in [7, 11) is 0. The Morgan fingerprint density at radius 1 is 1.04 bits per heavy atom. The number of carbonyl (C=O) groups is 3. The van der Waals surface area contributed by atoms with Crippen molar-refractivity contribution in [2.45, 2.75) is 52.4 Å². The Kier molecular flexibility index (Phi) is 6.70. The van der Waals surface area contributed by atoms with Crippen molar-refractivity contribution >= 4 is 23.4 Å². The number of amides is 3. The van der Waals surface area contributed by atoms with Crippen LogP contribution in [0.2, 0.25) is 0 Å². The third-order valence-electron chi connectivity index (χ3n) is 5.98. The molecule has 2 fully saturated rings. The van der Waals surface area contributed by atoms with Gasteiger partial charge in [0.15, 0.2) is 0 Å². The number of nitrogens with zero attached hydrogens (tertiary/aromatic N) is 1. The van der Waals surface area contributed by atoms with E-state index in [2.05, 4.69) is 10.6 Å². The maximum atomic E-state index is 12.7. The van der Waals surface area contributed by atoms with Crippen molar-refractivity contribution in [2.24, 2.45) is 11.8 Å². The lowest BCUT2D eigenvalue weighted by atomic mass is 9.94. The van der Waals surface area contributed by atoms with E-state index < -0.39 is 0 Å². The van der Waals surface area contributed by atoms with Gasteiger partial charge in [-0.3, -0.25) is 14.4 Å². The molecule has 2 N–H and O–H groups in total. The van der Waals surface area contributed by atoms with Crippen LogP contribution in [-0.4, -0.2) is 42.3 Å². The summed E-state index contributed by atoms with van der Waals surface area (Å²) in [5, 5.41) is 5.77. The molecule has 6 heteroatoms. The van der Waals surface area contributed by atoms with Gasteiger partial charge in [0.25, 0.3) is 5.91 Å². The standard InChI is InChI=1S/C22H31N3O3/c1-3-23-20(26)18-9-8-15(2)19(14-18)24-21(27)16-10-12-25(13-11-16)22(28)17-6-4-5-7-17/h8-9,14,16-17H,3-7,10-13H2,1-2H3,(H,23,26)(H,24,27). The molecule has 6 nitrogen and oxygen atoms in total. The van der Waals surface area contributed by atoms with Crippen LogP contribution in [0.15, 0.2) is 18.2 Å². The van der Waals surface area contributed by atoms with E-state index in [1.54, 1.807) is 12.1 Å².